The summed E-state index contributed by atoms with van der Waals surface area (Å²) >= 11 is 0. The lowest BCUT2D eigenvalue weighted by Gasteiger charge is -2.33. The van der Waals surface area contributed by atoms with Crippen molar-refractivity contribution in [1.82, 2.24) is 4.90 Å². The summed E-state index contributed by atoms with van der Waals surface area (Å²) < 4.78 is 0. The number of rotatable bonds is 3. The van der Waals surface area contributed by atoms with Gasteiger partial charge >= 0.3 is 11.9 Å². The summed E-state index contributed by atoms with van der Waals surface area (Å²) in [5.74, 6) is -2.41. The Morgan fingerprint density at radius 2 is 2.00 bits per heavy atom. The summed E-state index contributed by atoms with van der Waals surface area (Å²) in [4.78, 5) is 22.7. The van der Waals surface area contributed by atoms with Crippen LogP contribution in [0.2, 0.25) is 0 Å². The Balaban J connectivity index is 2.53. The van der Waals surface area contributed by atoms with Gasteiger partial charge in [-0.2, -0.15) is 0 Å². The molecule has 1 fully saturated rings. The minimum Gasteiger partial charge on any atom is -0.481 e. The van der Waals surface area contributed by atoms with Crippen LogP contribution in [0.5, 0.6) is 0 Å². The first-order valence-corrected chi connectivity index (χ1v) is 4.41. The second-order valence-electron chi connectivity index (χ2n) is 3.62. The van der Waals surface area contributed by atoms with Crippen molar-refractivity contribution < 1.29 is 19.8 Å². The molecule has 1 rings (SSSR count). The molecule has 0 bridgehead atoms. The molecule has 14 heavy (non-hydrogen) atoms. The van der Waals surface area contributed by atoms with Crippen molar-refractivity contribution in [2.24, 2.45) is 11.7 Å². The zero-order valence-corrected chi connectivity index (χ0v) is 7.72. The summed E-state index contributed by atoms with van der Waals surface area (Å²) in [6, 6.07) is -0.246. The molecule has 1 heterocycles. The molecule has 0 amide bonds. The maximum atomic E-state index is 10.7. The highest BCUT2D eigenvalue weighted by Crippen LogP contribution is 2.15. The molecule has 80 valence electrons. The molecule has 0 spiro atoms. The number of hydrogen-bond acceptors (Lipinski definition) is 4. The van der Waals surface area contributed by atoms with Crippen molar-refractivity contribution in [3.8, 4) is 0 Å². The Hall–Kier alpha value is -1.14. The lowest BCUT2D eigenvalue weighted by molar-refractivity contribution is -0.146. The van der Waals surface area contributed by atoms with E-state index in [0.29, 0.717) is 13.0 Å². The van der Waals surface area contributed by atoms with Crippen molar-refractivity contribution in [1.29, 1.82) is 0 Å². The molecule has 0 aromatic carbocycles. The second-order valence-corrected chi connectivity index (χ2v) is 3.62. The molecule has 1 saturated heterocycles. The van der Waals surface area contributed by atoms with Gasteiger partial charge in [0.2, 0.25) is 0 Å². The lowest BCUT2D eigenvalue weighted by Crippen LogP contribution is -2.50. The molecule has 2 atom stereocenters. The highest BCUT2D eigenvalue weighted by atomic mass is 16.4. The van der Waals surface area contributed by atoms with Crippen molar-refractivity contribution >= 4 is 11.9 Å². The van der Waals surface area contributed by atoms with Gasteiger partial charge in [-0.05, 0) is 6.42 Å². The van der Waals surface area contributed by atoms with Gasteiger partial charge in [-0.25, -0.2) is 0 Å². The van der Waals surface area contributed by atoms with Crippen LogP contribution >= 0.6 is 0 Å². The molecule has 6 heteroatoms. The quantitative estimate of drug-likeness (QED) is 0.531. The molecule has 0 aromatic rings. The summed E-state index contributed by atoms with van der Waals surface area (Å²) in [5.41, 5.74) is 5.63. The summed E-state index contributed by atoms with van der Waals surface area (Å²) in [6.07, 6.45) is 0.422. The minimum absolute atomic E-state index is 0.141. The fourth-order valence-corrected chi connectivity index (χ4v) is 1.73. The molecule has 0 radical (unpaired) electrons. The smallest absolute Gasteiger partial charge is 0.317 e. The average molecular weight is 202 g/mol. The second kappa shape index (κ2) is 4.39. The molecular formula is C8H14N2O4. The Morgan fingerprint density at radius 1 is 1.36 bits per heavy atom. The Kier molecular flexibility index (Phi) is 3.43. The van der Waals surface area contributed by atoms with Gasteiger partial charge in [0, 0.05) is 19.1 Å². The fraction of sp³-hybridized carbons (Fsp3) is 0.750. The number of carbonyl (C=O) groups is 2. The van der Waals surface area contributed by atoms with Crippen LogP contribution in [0.1, 0.15) is 6.42 Å². The number of piperidine rings is 1. The molecule has 0 aliphatic carbocycles. The van der Waals surface area contributed by atoms with Gasteiger partial charge in [0.25, 0.3) is 0 Å². The van der Waals surface area contributed by atoms with Crippen LogP contribution in [-0.2, 0) is 9.59 Å². The molecule has 4 N–H and O–H groups in total. The van der Waals surface area contributed by atoms with Crippen LogP contribution in [-0.4, -0.2) is 52.7 Å². The molecule has 2 unspecified atom stereocenters. The predicted molar refractivity (Wildman–Crippen MR) is 47.8 cm³/mol. The number of likely N-dealkylation sites (tertiary alicyclic amines) is 1. The maximum absolute atomic E-state index is 10.7. The van der Waals surface area contributed by atoms with Gasteiger partial charge in [0.1, 0.15) is 0 Å². The van der Waals surface area contributed by atoms with E-state index >= 15 is 0 Å². The number of nitrogens with two attached hydrogens (primary N) is 1. The van der Waals surface area contributed by atoms with E-state index in [4.69, 9.17) is 15.9 Å². The predicted octanol–water partition coefficient (Wildman–Crippen LogP) is -1.20. The van der Waals surface area contributed by atoms with Crippen LogP contribution < -0.4 is 5.73 Å². The van der Waals surface area contributed by atoms with Crippen molar-refractivity contribution in [2.75, 3.05) is 19.6 Å². The number of carboxylic acid groups (broad SMARTS) is 2. The van der Waals surface area contributed by atoms with E-state index in [1.165, 1.54) is 0 Å². The number of hydrogen-bond donors (Lipinski definition) is 3. The molecule has 1 aliphatic heterocycles. The van der Waals surface area contributed by atoms with Crippen molar-refractivity contribution in [2.45, 2.75) is 12.5 Å². The summed E-state index contributed by atoms with van der Waals surface area (Å²) in [6.45, 7) is 0.586. The van der Waals surface area contributed by atoms with Crippen LogP contribution in [0, 0.1) is 5.92 Å². The molecule has 0 saturated carbocycles. The molecule has 1 aliphatic rings. The van der Waals surface area contributed by atoms with Crippen LogP contribution in [0.3, 0.4) is 0 Å². The van der Waals surface area contributed by atoms with E-state index < -0.39 is 17.9 Å². The molecule has 0 aromatic heterocycles. The van der Waals surface area contributed by atoms with Crippen molar-refractivity contribution in [3.05, 3.63) is 0 Å². The third-order valence-corrected chi connectivity index (χ3v) is 2.27. The first-order valence-electron chi connectivity index (χ1n) is 4.41. The van der Waals surface area contributed by atoms with Crippen LogP contribution in [0.15, 0.2) is 0 Å². The van der Waals surface area contributed by atoms with E-state index in [9.17, 15) is 9.59 Å². The van der Waals surface area contributed by atoms with Gasteiger partial charge in [0.15, 0.2) is 0 Å². The number of aliphatic carboxylic acids is 2. The van der Waals surface area contributed by atoms with E-state index in [1.54, 1.807) is 4.90 Å². The lowest BCUT2D eigenvalue weighted by atomic mass is 9.95. The SMILES string of the molecule is NC1CC(C(=O)O)CN(CC(=O)O)C1. The summed E-state index contributed by atoms with van der Waals surface area (Å²) in [7, 11) is 0. The van der Waals surface area contributed by atoms with Gasteiger partial charge < -0.3 is 15.9 Å². The zero-order valence-electron chi connectivity index (χ0n) is 7.72. The van der Waals surface area contributed by atoms with Gasteiger partial charge in [-0.15, -0.1) is 0 Å². The topological polar surface area (TPSA) is 104 Å². The third kappa shape index (κ3) is 2.97. The van der Waals surface area contributed by atoms with Crippen molar-refractivity contribution in [3.63, 3.8) is 0 Å². The first-order chi connectivity index (χ1) is 6.49. The largest absolute Gasteiger partial charge is 0.481 e. The van der Waals surface area contributed by atoms with E-state index in [0.717, 1.165) is 0 Å². The monoisotopic (exact) mass is 202 g/mol. The standard InChI is InChI=1S/C8H14N2O4/c9-6-1-5(8(13)14)2-10(3-6)4-7(11)12/h5-6H,1-4,9H2,(H,11,12)(H,13,14). The van der Waals surface area contributed by atoms with Crippen LogP contribution in [0.25, 0.3) is 0 Å². The highest BCUT2D eigenvalue weighted by Gasteiger charge is 2.30. The van der Waals surface area contributed by atoms with Crippen LogP contribution in [0.4, 0.5) is 0 Å². The fourth-order valence-electron chi connectivity index (χ4n) is 1.73. The zero-order chi connectivity index (χ0) is 10.7. The first kappa shape index (κ1) is 10.9. The molecule has 6 nitrogen and oxygen atoms in total. The van der Waals surface area contributed by atoms with Gasteiger partial charge in [-0.1, -0.05) is 0 Å². The number of nitrogens with zero attached hydrogens (tertiary/aromatic N) is 1. The summed E-state index contributed by atoms with van der Waals surface area (Å²) in [5, 5.41) is 17.3. The normalized spacial score (nSPS) is 28.6. The minimum atomic E-state index is -0.955. The maximum Gasteiger partial charge on any atom is 0.317 e. The van der Waals surface area contributed by atoms with E-state index in [-0.39, 0.29) is 19.1 Å². The Bertz CT molecular complexity index is 243. The number of carboxylic acids is 2. The van der Waals surface area contributed by atoms with E-state index in [1.807, 2.05) is 0 Å². The molecular weight excluding hydrogens is 188 g/mol. The third-order valence-electron chi connectivity index (χ3n) is 2.27. The van der Waals surface area contributed by atoms with E-state index in [2.05, 4.69) is 0 Å². The highest BCUT2D eigenvalue weighted by molar-refractivity contribution is 5.71. The van der Waals surface area contributed by atoms with Gasteiger partial charge in [-0.3, -0.25) is 14.5 Å². The Labute approximate surface area is 81.3 Å². The average Bonchev–Trinajstić information content (AvgIpc) is 2.01. The van der Waals surface area contributed by atoms with Gasteiger partial charge in [0.05, 0.1) is 12.5 Å². The Morgan fingerprint density at radius 3 is 2.50 bits per heavy atom.